The summed E-state index contributed by atoms with van der Waals surface area (Å²) in [6, 6.07) is 15.5. The topological polar surface area (TPSA) is 148 Å². The van der Waals surface area contributed by atoms with Gasteiger partial charge in [-0.2, -0.15) is 0 Å². The minimum absolute atomic E-state index is 0.0855. The molecular weight excluding hydrogens is 582 g/mol. The van der Waals surface area contributed by atoms with Crippen LogP contribution in [0.3, 0.4) is 0 Å². The summed E-state index contributed by atoms with van der Waals surface area (Å²) in [7, 11) is 0. The van der Waals surface area contributed by atoms with E-state index >= 15 is 0 Å². The average Bonchev–Trinajstić information content (AvgIpc) is 3.05. The number of carbonyl (C=O) groups excluding carboxylic acids is 3. The summed E-state index contributed by atoms with van der Waals surface area (Å²) in [6.45, 7) is 9.37. The highest BCUT2D eigenvalue weighted by Crippen LogP contribution is 2.29. The Hall–Kier alpha value is -3.72. The molecule has 9 nitrogen and oxygen atoms in total. The van der Waals surface area contributed by atoms with Gasteiger partial charge in [0.05, 0.1) is 6.42 Å². The Morgan fingerprint density at radius 3 is 1.85 bits per heavy atom. The molecule has 2 amide bonds. The highest BCUT2D eigenvalue weighted by atomic mass is 16.5. The van der Waals surface area contributed by atoms with Gasteiger partial charge in [0.25, 0.3) is 0 Å². The third kappa shape index (κ3) is 12.6. The molecule has 5 N–H and O–H groups in total. The van der Waals surface area contributed by atoms with Crippen molar-refractivity contribution in [3.8, 4) is 0 Å². The normalized spacial score (nSPS) is 15.2. The van der Waals surface area contributed by atoms with Gasteiger partial charge in [-0.05, 0) is 36.3 Å². The lowest BCUT2D eigenvalue weighted by Gasteiger charge is -2.31. The van der Waals surface area contributed by atoms with Gasteiger partial charge >= 0.3 is 11.9 Å². The summed E-state index contributed by atoms with van der Waals surface area (Å²) >= 11 is 0. The van der Waals surface area contributed by atoms with Crippen molar-refractivity contribution in [2.75, 3.05) is 0 Å². The largest absolute Gasteiger partial charge is 0.480 e. The van der Waals surface area contributed by atoms with Crippen LogP contribution in [0.1, 0.15) is 109 Å². The Labute approximate surface area is 275 Å². The summed E-state index contributed by atoms with van der Waals surface area (Å²) < 4.78 is 5.93. The number of carboxylic acid groups (broad SMARTS) is 1. The van der Waals surface area contributed by atoms with E-state index in [1.165, 1.54) is 26.2 Å². The minimum atomic E-state index is -1.19. The van der Waals surface area contributed by atoms with Crippen molar-refractivity contribution in [3.63, 3.8) is 0 Å². The predicted octanol–water partition coefficient (Wildman–Crippen LogP) is 5.95. The molecular formula is C37H55N3O6. The molecule has 0 aromatic heterocycles. The minimum Gasteiger partial charge on any atom is -0.480 e. The Kier molecular flexibility index (Phi) is 17.1. The highest BCUT2D eigenvalue weighted by Gasteiger charge is 2.35. The zero-order valence-electron chi connectivity index (χ0n) is 28.2. The molecule has 0 unspecified atom stereocenters. The molecule has 0 heterocycles. The van der Waals surface area contributed by atoms with Gasteiger partial charge in [0.15, 0.2) is 0 Å². The van der Waals surface area contributed by atoms with E-state index in [2.05, 4.69) is 17.6 Å². The fraction of sp³-hybridized carbons (Fsp3) is 0.568. The van der Waals surface area contributed by atoms with Crippen LogP contribution in [0.25, 0.3) is 0 Å². The lowest BCUT2D eigenvalue weighted by atomic mass is 9.84. The van der Waals surface area contributed by atoms with Crippen molar-refractivity contribution in [1.29, 1.82) is 0 Å². The van der Waals surface area contributed by atoms with Crippen molar-refractivity contribution in [2.24, 2.45) is 17.6 Å². The number of aliphatic carboxylic acids is 1. The second-order valence-corrected chi connectivity index (χ2v) is 12.5. The highest BCUT2D eigenvalue weighted by molar-refractivity contribution is 5.91. The SMILES string of the molecule is CCCCCCCC[C@H](C)[C@H](CC(=O)N[C@H](C(=O)N[C@@H](C)C(=O)O)C(c1ccccc1)c1ccccc1)OC(=O)[C@@H](N)[C@H](C)CC. The number of nitrogens with one attached hydrogen (secondary N) is 2. The summed E-state index contributed by atoms with van der Waals surface area (Å²) in [6.07, 6.45) is 7.27. The van der Waals surface area contributed by atoms with Gasteiger partial charge in [-0.1, -0.05) is 133 Å². The second-order valence-electron chi connectivity index (χ2n) is 12.5. The van der Waals surface area contributed by atoms with E-state index in [-0.39, 0.29) is 18.3 Å². The van der Waals surface area contributed by atoms with E-state index in [1.54, 1.807) is 0 Å². The van der Waals surface area contributed by atoms with Gasteiger partial charge in [0, 0.05) is 5.92 Å². The number of unbranched alkanes of at least 4 members (excludes halogenated alkanes) is 5. The number of hydrogen-bond acceptors (Lipinski definition) is 6. The van der Waals surface area contributed by atoms with Crippen molar-refractivity contribution < 1.29 is 29.0 Å². The fourth-order valence-corrected chi connectivity index (χ4v) is 5.48. The molecule has 0 radical (unpaired) electrons. The maximum atomic E-state index is 13.8. The van der Waals surface area contributed by atoms with Crippen LogP contribution in [0.4, 0.5) is 0 Å². The number of nitrogens with two attached hydrogens (primary N) is 1. The molecule has 0 spiro atoms. The summed E-state index contributed by atoms with van der Waals surface area (Å²) in [5.74, 6) is -3.67. The van der Waals surface area contributed by atoms with E-state index in [0.717, 1.165) is 36.8 Å². The molecule has 0 saturated heterocycles. The van der Waals surface area contributed by atoms with Crippen LogP contribution in [-0.4, -0.2) is 53.1 Å². The zero-order chi connectivity index (χ0) is 34.1. The Morgan fingerprint density at radius 1 is 0.783 bits per heavy atom. The number of hydrogen-bond donors (Lipinski definition) is 4. The number of ether oxygens (including phenoxy) is 1. The van der Waals surface area contributed by atoms with Crippen LogP contribution in [-0.2, 0) is 23.9 Å². The second kappa shape index (κ2) is 20.4. The van der Waals surface area contributed by atoms with Gasteiger partial charge < -0.3 is 26.2 Å². The zero-order valence-corrected chi connectivity index (χ0v) is 28.2. The van der Waals surface area contributed by atoms with Crippen LogP contribution in [0.5, 0.6) is 0 Å². The molecule has 0 saturated carbocycles. The number of carboxylic acids is 1. The molecule has 46 heavy (non-hydrogen) atoms. The number of esters is 1. The van der Waals surface area contributed by atoms with E-state index in [9.17, 15) is 24.3 Å². The van der Waals surface area contributed by atoms with E-state index in [1.807, 2.05) is 81.4 Å². The molecule has 0 aliphatic heterocycles. The smallest absolute Gasteiger partial charge is 0.325 e. The number of benzene rings is 2. The Balaban J connectivity index is 2.37. The van der Waals surface area contributed by atoms with Gasteiger partial charge in [-0.25, -0.2) is 0 Å². The fourth-order valence-electron chi connectivity index (χ4n) is 5.48. The first kappa shape index (κ1) is 38.5. The molecule has 6 atom stereocenters. The lowest BCUT2D eigenvalue weighted by molar-refractivity contribution is -0.156. The van der Waals surface area contributed by atoms with Gasteiger partial charge in [0.2, 0.25) is 11.8 Å². The van der Waals surface area contributed by atoms with Crippen LogP contribution < -0.4 is 16.4 Å². The quantitative estimate of drug-likeness (QED) is 0.0976. The monoisotopic (exact) mass is 637 g/mol. The van der Waals surface area contributed by atoms with Crippen LogP contribution >= 0.6 is 0 Å². The molecule has 9 heteroatoms. The first-order valence-electron chi connectivity index (χ1n) is 16.9. The molecule has 0 fully saturated rings. The third-order valence-corrected chi connectivity index (χ3v) is 8.81. The molecule has 2 aromatic rings. The van der Waals surface area contributed by atoms with Crippen molar-refractivity contribution in [3.05, 3.63) is 71.8 Å². The predicted molar refractivity (Wildman–Crippen MR) is 181 cm³/mol. The summed E-state index contributed by atoms with van der Waals surface area (Å²) in [5, 5.41) is 14.9. The van der Waals surface area contributed by atoms with Crippen molar-refractivity contribution in [1.82, 2.24) is 10.6 Å². The van der Waals surface area contributed by atoms with E-state index < -0.39 is 53.9 Å². The maximum absolute atomic E-state index is 13.8. The number of amides is 2. The molecule has 2 rings (SSSR count). The van der Waals surface area contributed by atoms with Crippen molar-refractivity contribution in [2.45, 2.75) is 123 Å². The summed E-state index contributed by atoms with van der Waals surface area (Å²) in [4.78, 5) is 52.3. The van der Waals surface area contributed by atoms with Crippen molar-refractivity contribution >= 4 is 23.8 Å². The maximum Gasteiger partial charge on any atom is 0.325 e. The number of carbonyl (C=O) groups is 4. The number of rotatable bonds is 21. The summed E-state index contributed by atoms with van der Waals surface area (Å²) in [5.41, 5.74) is 7.75. The molecule has 0 aliphatic carbocycles. The van der Waals surface area contributed by atoms with E-state index in [0.29, 0.717) is 6.42 Å². The average molecular weight is 638 g/mol. The molecule has 0 aliphatic rings. The Bertz CT molecular complexity index is 1170. The van der Waals surface area contributed by atoms with Gasteiger partial charge in [0.1, 0.15) is 24.2 Å². The van der Waals surface area contributed by atoms with Crippen LogP contribution in [0.15, 0.2) is 60.7 Å². The van der Waals surface area contributed by atoms with E-state index in [4.69, 9.17) is 10.5 Å². The first-order valence-corrected chi connectivity index (χ1v) is 16.9. The lowest BCUT2D eigenvalue weighted by Crippen LogP contribution is -2.54. The standard InChI is InChI=1S/C37H55N3O6/c1-6-8-9-10-11-14-19-26(4)30(46-37(45)33(38)25(3)7-2)24-31(41)40-34(35(42)39-27(5)36(43)44)32(28-20-15-12-16-21-28)29-22-17-13-18-23-29/h12-13,15-18,20-23,25-27,30,32-34H,6-11,14,19,24,38H2,1-5H3,(H,39,42)(H,40,41)(H,43,44)/t25-,26+,27+,30+,33+,34+/m1/s1. The third-order valence-electron chi connectivity index (χ3n) is 8.81. The molecule has 0 bridgehead atoms. The van der Waals surface area contributed by atoms with Crippen LogP contribution in [0.2, 0.25) is 0 Å². The van der Waals surface area contributed by atoms with Gasteiger partial charge in [-0.15, -0.1) is 0 Å². The first-order chi connectivity index (χ1) is 22.0. The molecule has 2 aromatic carbocycles. The molecule has 254 valence electrons. The van der Waals surface area contributed by atoms with Crippen LogP contribution in [0, 0.1) is 11.8 Å². The van der Waals surface area contributed by atoms with Gasteiger partial charge in [-0.3, -0.25) is 19.2 Å². The Morgan fingerprint density at radius 2 is 1.33 bits per heavy atom.